The second-order valence-electron chi connectivity index (χ2n) is 7.36. The fourth-order valence-electron chi connectivity index (χ4n) is 3.23. The molecule has 1 N–H and O–H groups in total. The zero-order valence-electron chi connectivity index (χ0n) is 16.6. The van der Waals surface area contributed by atoms with E-state index in [4.69, 9.17) is 4.74 Å². The Hall–Kier alpha value is -2.21. The van der Waals surface area contributed by atoms with E-state index < -0.39 is 0 Å². The lowest BCUT2D eigenvalue weighted by molar-refractivity contribution is 0.0946. The molecule has 0 unspecified atom stereocenters. The fraction of sp³-hybridized carbons (Fsp3) is 0.571. The van der Waals surface area contributed by atoms with Crippen molar-refractivity contribution in [3.8, 4) is 11.1 Å². The number of amides is 1. The first kappa shape index (κ1) is 19.5. The first-order chi connectivity index (χ1) is 13.1. The van der Waals surface area contributed by atoms with Crippen LogP contribution in [0.15, 0.2) is 18.5 Å². The van der Waals surface area contributed by atoms with Gasteiger partial charge in [-0.25, -0.2) is 4.98 Å². The number of hydrogen-bond donors (Lipinski definition) is 1. The Kier molecular flexibility index (Phi) is 6.61. The molecule has 3 rings (SSSR count). The predicted molar refractivity (Wildman–Crippen MR) is 105 cm³/mol. The van der Waals surface area contributed by atoms with Gasteiger partial charge in [-0.1, -0.05) is 25.7 Å². The third-order valence-electron chi connectivity index (χ3n) is 5.09. The summed E-state index contributed by atoms with van der Waals surface area (Å²) < 4.78 is 7.32. The summed E-state index contributed by atoms with van der Waals surface area (Å²) in [5.74, 6) is 0.826. The van der Waals surface area contributed by atoms with E-state index in [9.17, 15) is 4.79 Å². The lowest BCUT2D eigenvalue weighted by atomic mass is 10.0. The van der Waals surface area contributed by atoms with Crippen molar-refractivity contribution in [1.82, 2.24) is 20.1 Å². The van der Waals surface area contributed by atoms with Gasteiger partial charge in [-0.15, -0.1) is 0 Å². The summed E-state index contributed by atoms with van der Waals surface area (Å²) >= 11 is 0. The highest BCUT2D eigenvalue weighted by Gasteiger charge is 2.20. The van der Waals surface area contributed by atoms with E-state index in [0.717, 1.165) is 34.7 Å². The molecule has 1 saturated carbocycles. The van der Waals surface area contributed by atoms with Crippen molar-refractivity contribution < 1.29 is 9.53 Å². The number of rotatable bonds is 10. The van der Waals surface area contributed by atoms with Crippen LogP contribution in [0, 0.1) is 12.8 Å². The van der Waals surface area contributed by atoms with Gasteiger partial charge in [0, 0.05) is 32.0 Å². The maximum Gasteiger partial charge on any atom is 0.269 e. The highest BCUT2D eigenvalue weighted by atomic mass is 16.5. The highest BCUT2D eigenvalue weighted by molar-refractivity contribution is 5.93. The van der Waals surface area contributed by atoms with Crippen molar-refractivity contribution in [2.75, 3.05) is 13.2 Å². The minimum Gasteiger partial charge on any atom is -0.375 e. The van der Waals surface area contributed by atoms with E-state index in [1.807, 2.05) is 39.4 Å². The smallest absolute Gasteiger partial charge is 0.269 e. The van der Waals surface area contributed by atoms with Gasteiger partial charge in [0.25, 0.3) is 5.91 Å². The van der Waals surface area contributed by atoms with Crippen LogP contribution in [0.3, 0.4) is 0 Å². The van der Waals surface area contributed by atoms with Crippen molar-refractivity contribution in [3.05, 3.63) is 35.4 Å². The molecule has 1 aliphatic carbocycles. The van der Waals surface area contributed by atoms with Gasteiger partial charge < -0.3 is 10.1 Å². The monoisotopic (exact) mass is 370 g/mol. The van der Waals surface area contributed by atoms with Gasteiger partial charge in [0.15, 0.2) is 0 Å². The van der Waals surface area contributed by atoms with Crippen LogP contribution in [0.4, 0.5) is 0 Å². The summed E-state index contributed by atoms with van der Waals surface area (Å²) in [6, 6.07) is 1.86. The summed E-state index contributed by atoms with van der Waals surface area (Å²) in [7, 11) is 1.89. The molecular formula is C21H30N4O2. The zero-order chi connectivity index (χ0) is 19.2. The standard InChI is InChI=1S/C21H30N4O2/c1-4-27-14-20-15(2)18(17-12-23-25(3)13-17)11-19(24-20)21(26)22-10-6-5-7-16-8-9-16/h11-13,16H,4-10,14H2,1-3H3,(H,22,26). The average Bonchev–Trinajstić information content (AvgIpc) is 3.39. The molecule has 146 valence electrons. The molecule has 2 aromatic rings. The number of nitrogens with zero attached hydrogens (tertiary/aromatic N) is 3. The number of carbonyl (C=O) groups is 1. The summed E-state index contributed by atoms with van der Waals surface area (Å²) in [6.45, 7) is 5.68. The van der Waals surface area contributed by atoms with Crippen LogP contribution in [0.5, 0.6) is 0 Å². The highest BCUT2D eigenvalue weighted by Crippen LogP contribution is 2.33. The molecule has 2 heterocycles. The maximum absolute atomic E-state index is 12.6. The lowest BCUT2D eigenvalue weighted by Crippen LogP contribution is -2.26. The molecule has 0 saturated heterocycles. The molecule has 2 aromatic heterocycles. The first-order valence-electron chi connectivity index (χ1n) is 9.94. The molecule has 0 aromatic carbocycles. The van der Waals surface area contributed by atoms with Gasteiger partial charge in [-0.05, 0) is 43.4 Å². The number of pyridine rings is 1. The van der Waals surface area contributed by atoms with Crippen molar-refractivity contribution >= 4 is 5.91 Å². The molecule has 0 spiro atoms. The van der Waals surface area contributed by atoms with E-state index in [1.54, 1.807) is 4.68 Å². The second-order valence-corrected chi connectivity index (χ2v) is 7.36. The first-order valence-corrected chi connectivity index (χ1v) is 9.94. The van der Waals surface area contributed by atoms with Crippen LogP contribution in [0.25, 0.3) is 11.1 Å². The van der Waals surface area contributed by atoms with Gasteiger partial charge in [0.05, 0.1) is 18.5 Å². The third-order valence-corrected chi connectivity index (χ3v) is 5.09. The fourth-order valence-corrected chi connectivity index (χ4v) is 3.23. The molecule has 1 fully saturated rings. The van der Waals surface area contributed by atoms with E-state index in [1.165, 1.54) is 25.7 Å². The molecule has 6 heteroatoms. The maximum atomic E-state index is 12.6. The van der Waals surface area contributed by atoms with Crippen LogP contribution in [-0.4, -0.2) is 33.8 Å². The number of hydrogen-bond acceptors (Lipinski definition) is 4. The predicted octanol–water partition coefficient (Wildman–Crippen LogP) is 3.64. The van der Waals surface area contributed by atoms with Crippen LogP contribution < -0.4 is 5.32 Å². The Morgan fingerprint density at radius 3 is 2.85 bits per heavy atom. The molecule has 0 bridgehead atoms. The summed E-state index contributed by atoms with van der Waals surface area (Å²) in [5, 5.41) is 7.27. The van der Waals surface area contributed by atoms with E-state index in [-0.39, 0.29) is 5.91 Å². The van der Waals surface area contributed by atoms with Crippen LogP contribution >= 0.6 is 0 Å². The largest absolute Gasteiger partial charge is 0.375 e. The molecule has 6 nitrogen and oxygen atoms in total. The number of unbranched alkanes of at least 4 members (excludes halogenated alkanes) is 1. The minimum absolute atomic E-state index is 0.121. The Balaban J connectivity index is 1.72. The number of ether oxygens (including phenoxy) is 1. The Bertz CT molecular complexity index is 780. The topological polar surface area (TPSA) is 69.0 Å². The van der Waals surface area contributed by atoms with E-state index in [0.29, 0.717) is 25.5 Å². The Morgan fingerprint density at radius 1 is 1.37 bits per heavy atom. The van der Waals surface area contributed by atoms with Gasteiger partial charge in [-0.2, -0.15) is 5.10 Å². The molecule has 1 amide bonds. The van der Waals surface area contributed by atoms with Crippen molar-refractivity contribution in [2.45, 2.75) is 52.6 Å². The van der Waals surface area contributed by atoms with Gasteiger partial charge in [0.1, 0.15) is 5.69 Å². The van der Waals surface area contributed by atoms with Gasteiger partial charge in [0.2, 0.25) is 0 Å². The van der Waals surface area contributed by atoms with Crippen LogP contribution in [0.2, 0.25) is 0 Å². The van der Waals surface area contributed by atoms with Crippen LogP contribution in [-0.2, 0) is 18.4 Å². The Labute approximate surface area is 161 Å². The number of aryl methyl sites for hydroxylation is 1. The SMILES string of the molecule is CCOCc1nc(C(=O)NCCCCC2CC2)cc(-c2cnn(C)c2)c1C. The zero-order valence-corrected chi connectivity index (χ0v) is 16.6. The van der Waals surface area contributed by atoms with Gasteiger partial charge >= 0.3 is 0 Å². The molecule has 0 atom stereocenters. The molecular weight excluding hydrogens is 340 g/mol. The van der Waals surface area contributed by atoms with Crippen molar-refractivity contribution in [2.24, 2.45) is 13.0 Å². The van der Waals surface area contributed by atoms with Crippen molar-refractivity contribution in [3.63, 3.8) is 0 Å². The van der Waals surface area contributed by atoms with E-state index >= 15 is 0 Å². The molecule has 27 heavy (non-hydrogen) atoms. The Morgan fingerprint density at radius 2 is 2.19 bits per heavy atom. The molecule has 0 radical (unpaired) electrons. The van der Waals surface area contributed by atoms with Crippen molar-refractivity contribution in [1.29, 1.82) is 0 Å². The normalized spacial score (nSPS) is 13.7. The number of nitrogens with one attached hydrogen (secondary N) is 1. The molecule has 1 aliphatic rings. The van der Waals surface area contributed by atoms with Gasteiger partial charge in [-0.3, -0.25) is 9.48 Å². The summed E-state index contributed by atoms with van der Waals surface area (Å²) in [4.78, 5) is 17.2. The summed E-state index contributed by atoms with van der Waals surface area (Å²) in [5.41, 5.74) is 4.23. The van der Waals surface area contributed by atoms with Crippen LogP contribution in [0.1, 0.15) is 60.8 Å². The third kappa shape index (κ3) is 5.39. The summed E-state index contributed by atoms with van der Waals surface area (Å²) in [6.07, 6.45) is 10.0. The van der Waals surface area contributed by atoms with E-state index in [2.05, 4.69) is 15.4 Å². The quantitative estimate of drug-likeness (QED) is 0.648. The number of carbonyl (C=O) groups excluding carboxylic acids is 1. The molecule has 0 aliphatic heterocycles. The second kappa shape index (κ2) is 9.13. The number of aromatic nitrogens is 3. The average molecular weight is 370 g/mol. The lowest BCUT2D eigenvalue weighted by Gasteiger charge is -2.13. The minimum atomic E-state index is -0.121.